The van der Waals surface area contributed by atoms with E-state index in [1.165, 1.54) is 47.2 Å². The molecule has 4 aliphatic heterocycles. The number of ether oxygens (including phenoxy) is 8. The van der Waals surface area contributed by atoms with Gasteiger partial charge in [-0.15, -0.1) is 12.4 Å². The summed E-state index contributed by atoms with van der Waals surface area (Å²) in [6.07, 6.45) is -1.44. The number of hydrogen-bond donors (Lipinski definition) is 4. The van der Waals surface area contributed by atoms with Gasteiger partial charge in [0.25, 0.3) is 11.8 Å². The molecule has 4 aromatic rings. The van der Waals surface area contributed by atoms with Gasteiger partial charge in [-0.25, -0.2) is 0 Å². The Balaban J connectivity index is 0.00000159. The Bertz CT molecular complexity index is 3260. The standard InChI is InChI=1S/C33H41ClN2O9.C26H30ClNO8.C7H13NO2.3CH4.ClH.2H2S/c1-20(37)44-19-33(2,3)18-36-25-10-9-22(34)16-24(25)30(23-7-6-8-26(42-4)31(23)43-5)45-27(32(36)41)17-28(38)35-13-11-21(12-14-35)15-29(39)40;1-15(29)35-14-26(2,3)13-28-19-10-9-16(27)11-18(19)23(36-21(25(28)32)12-22(30)31)17-7-6-8-20(33-4)24(17)34-5;9-7(10)5-6-1-3-8-4-2-6;;;;;;/h6-10,16,21,27,30H,11-15,17-19H2,1-5H3,(H,39,40);6-11,21,23H,12-14H2,1-5H3,(H,30,31);6,8H,1-5H2,(H,9,10);3*1H4;1H;2*1H2/t27-,30-;21-,23-;;;;;;;/m11......./s1. The first kappa shape index (κ1) is 90.3. The predicted octanol–water partition coefficient (Wildman–Crippen LogP) is 12.1. The van der Waals surface area contributed by atoms with E-state index in [0.717, 1.165) is 25.9 Å². The molecule has 8 rings (SSSR count). The van der Waals surface area contributed by atoms with Gasteiger partial charge >= 0.3 is 29.8 Å². The molecular formula is C69H101Cl3N4O19S2. The van der Waals surface area contributed by atoms with Gasteiger partial charge in [0.2, 0.25) is 5.91 Å². The summed E-state index contributed by atoms with van der Waals surface area (Å²) in [6.45, 7) is 13.3. The summed E-state index contributed by atoms with van der Waals surface area (Å²) in [5, 5.41) is 31.2. The molecule has 4 atom stereocenters. The average molecular weight is 1460 g/mol. The normalized spacial score (nSPS) is 17.5. The predicted molar refractivity (Wildman–Crippen MR) is 385 cm³/mol. The molecule has 4 N–H and O–H groups in total. The van der Waals surface area contributed by atoms with Gasteiger partial charge in [-0.05, 0) is 99.1 Å². The molecule has 544 valence electrons. The number of likely N-dealkylation sites (tertiary alicyclic amines) is 1. The van der Waals surface area contributed by atoms with E-state index in [2.05, 4.69) is 5.32 Å². The lowest BCUT2D eigenvalue weighted by Gasteiger charge is -2.34. The van der Waals surface area contributed by atoms with Gasteiger partial charge < -0.3 is 73.2 Å². The number of hydrogen-bond acceptors (Lipinski definition) is 17. The van der Waals surface area contributed by atoms with Crippen molar-refractivity contribution in [1.29, 1.82) is 0 Å². The summed E-state index contributed by atoms with van der Waals surface area (Å²) in [6, 6.07) is 20.8. The van der Waals surface area contributed by atoms with Crippen LogP contribution in [0.5, 0.6) is 23.0 Å². The molecule has 4 aromatic carbocycles. The second-order valence-corrected chi connectivity index (χ2v) is 25.2. The first-order chi connectivity index (χ1) is 43.1. The second-order valence-electron chi connectivity index (χ2n) is 24.3. The molecule has 4 heterocycles. The van der Waals surface area contributed by atoms with E-state index in [1.807, 2.05) is 33.8 Å². The van der Waals surface area contributed by atoms with Crippen molar-refractivity contribution < 1.29 is 91.6 Å². The molecule has 0 saturated carbocycles. The molecule has 2 fully saturated rings. The summed E-state index contributed by atoms with van der Waals surface area (Å²) >= 11 is 12.9. The third-order valence-electron chi connectivity index (χ3n) is 15.8. The van der Waals surface area contributed by atoms with Crippen LogP contribution >= 0.6 is 62.6 Å². The molecule has 0 spiro atoms. The molecule has 0 bridgehead atoms. The van der Waals surface area contributed by atoms with Crippen LogP contribution < -0.4 is 34.1 Å². The highest BCUT2D eigenvalue weighted by molar-refractivity contribution is 7.59. The minimum atomic E-state index is -1.31. The number of amides is 3. The van der Waals surface area contributed by atoms with Crippen molar-refractivity contribution in [3.63, 3.8) is 0 Å². The lowest BCUT2D eigenvalue weighted by atomic mass is 9.92. The maximum atomic E-state index is 14.4. The van der Waals surface area contributed by atoms with Gasteiger partial charge in [-0.3, -0.25) is 38.4 Å². The molecule has 28 heteroatoms. The number of carbonyl (C=O) groups is 8. The minimum Gasteiger partial charge on any atom is -0.493 e. The van der Waals surface area contributed by atoms with Gasteiger partial charge in [-0.2, -0.15) is 27.0 Å². The van der Waals surface area contributed by atoms with E-state index in [4.69, 9.17) is 66.2 Å². The molecular weight excluding hydrogens is 1360 g/mol. The Kier molecular flexibility index (Phi) is 38.8. The van der Waals surface area contributed by atoms with Gasteiger partial charge in [0.15, 0.2) is 23.0 Å². The number of aliphatic carboxylic acids is 3. The zero-order chi connectivity index (χ0) is 66.9. The van der Waals surface area contributed by atoms with Crippen LogP contribution in [0.25, 0.3) is 0 Å². The fraction of sp³-hybridized carbons (Fsp3) is 0.536. The smallest absolute Gasteiger partial charge is 0.306 e. The van der Waals surface area contributed by atoms with Crippen LogP contribution in [0.2, 0.25) is 10.0 Å². The molecule has 3 amide bonds. The third kappa shape index (κ3) is 25.5. The number of methoxy groups -OCH3 is 4. The number of fused-ring (bicyclic) bond motifs is 2. The highest BCUT2D eigenvalue weighted by Gasteiger charge is 2.44. The third-order valence-corrected chi connectivity index (χ3v) is 16.3. The van der Waals surface area contributed by atoms with E-state index in [-0.39, 0.29) is 113 Å². The first-order valence-corrected chi connectivity index (χ1v) is 30.7. The van der Waals surface area contributed by atoms with Crippen LogP contribution in [-0.4, -0.2) is 161 Å². The number of nitrogens with zero attached hydrogens (tertiary/aromatic N) is 3. The van der Waals surface area contributed by atoms with E-state index in [9.17, 15) is 48.6 Å². The summed E-state index contributed by atoms with van der Waals surface area (Å²) in [7, 11) is 6.03. The number of carboxylic acid groups (broad SMARTS) is 3. The number of nitrogens with one attached hydrogen (secondary N) is 1. The largest absolute Gasteiger partial charge is 0.493 e. The molecule has 4 aliphatic rings. The van der Waals surface area contributed by atoms with Crippen molar-refractivity contribution in [2.75, 3.05) is 90.7 Å². The summed E-state index contributed by atoms with van der Waals surface area (Å²) in [4.78, 5) is 103. The van der Waals surface area contributed by atoms with Crippen LogP contribution in [0.1, 0.15) is 150 Å². The number of carbonyl (C=O) groups excluding carboxylic acids is 5. The van der Waals surface area contributed by atoms with Crippen molar-refractivity contribution >= 4 is 122 Å². The maximum Gasteiger partial charge on any atom is 0.306 e. The van der Waals surface area contributed by atoms with E-state index in [0.29, 0.717) is 105 Å². The fourth-order valence-electron chi connectivity index (χ4n) is 11.4. The van der Waals surface area contributed by atoms with Gasteiger partial charge in [0.1, 0.15) is 24.4 Å². The lowest BCUT2D eigenvalue weighted by molar-refractivity contribution is -0.147. The summed E-state index contributed by atoms with van der Waals surface area (Å²) < 4.78 is 45.7. The van der Waals surface area contributed by atoms with Crippen LogP contribution in [0.15, 0.2) is 72.8 Å². The Labute approximate surface area is 601 Å². The monoisotopic (exact) mass is 1460 g/mol. The topological polar surface area (TPSA) is 293 Å². The van der Waals surface area contributed by atoms with E-state index in [1.54, 1.807) is 76.5 Å². The number of piperidine rings is 2. The molecule has 2 saturated heterocycles. The quantitative estimate of drug-likeness (QED) is 0.0532. The molecule has 23 nitrogen and oxygen atoms in total. The molecule has 97 heavy (non-hydrogen) atoms. The van der Waals surface area contributed by atoms with Crippen LogP contribution in [0.3, 0.4) is 0 Å². The number of para-hydroxylation sites is 2. The minimum absolute atomic E-state index is 0. The lowest BCUT2D eigenvalue weighted by Crippen LogP contribution is -2.48. The number of anilines is 2. The maximum absolute atomic E-state index is 14.4. The number of esters is 2. The Morgan fingerprint density at radius 2 is 0.918 bits per heavy atom. The van der Waals surface area contributed by atoms with E-state index >= 15 is 0 Å². The van der Waals surface area contributed by atoms with Crippen molar-refractivity contribution in [3.8, 4) is 23.0 Å². The van der Waals surface area contributed by atoms with Crippen LogP contribution in [-0.2, 0) is 57.3 Å². The van der Waals surface area contributed by atoms with Crippen LogP contribution in [0.4, 0.5) is 11.4 Å². The highest BCUT2D eigenvalue weighted by Crippen LogP contribution is 2.48. The number of halogens is 3. The molecule has 0 radical (unpaired) electrons. The average Bonchev–Trinajstić information content (AvgIpc) is 1.68. The van der Waals surface area contributed by atoms with E-state index < -0.39 is 83.3 Å². The van der Waals surface area contributed by atoms with Crippen molar-refractivity contribution in [1.82, 2.24) is 10.2 Å². The van der Waals surface area contributed by atoms with Gasteiger partial charge in [-0.1, -0.05) is 97.4 Å². The second kappa shape index (κ2) is 41.6. The number of rotatable bonds is 22. The molecule has 0 aliphatic carbocycles. The SMILES string of the molecule is C.C.C.COc1cccc([C@H]2O[C@H](CC(=O)N3CCC(CC(=O)O)CC3)C(=O)N(CC(C)(C)COC(C)=O)c3ccc(Cl)cc32)c1OC.COc1cccc([C@H]2O[C@H](CC(=O)O)C(=O)N(CC(C)(C)COC(C)=O)c3ccc(Cl)cc32)c1OC.Cl.O=C(O)CC1CCNCC1.S.S. The zero-order valence-corrected chi connectivity index (χ0v) is 58.9. The van der Waals surface area contributed by atoms with Crippen molar-refractivity contribution in [2.45, 2.75) is 140 Å². The summed E-state index contributed by atoms with van der Waals surface area (Å²) in [5.74, 6) is -2.64. The number of benzene rings is 4. The molecule has 0 unspecified atom stereocenters. The van der Waals surface area contributed by atoms with Crippen molar-refractivity contribution in [3.05, 3.63) is 105 Å². The molecule has 0 aromatic heterocycles. The Hall–Kier alpha value is -6.71. The van der Waals surface area contributed by atoms with Gasteiger partial charge in [0.05, 0.1) is 54.5 Å². The van der Waals surface area contributed by atoms with Gasteiger partial charge in [0, 0.05) is 107 Å². The van der Waals surface area contributed by atoms with Crippen molar-refractivity contribution in [2.24, 2.45) is 22.7 Å². The summed E-state index contributed by atoms with van der Waals surface area (Å²) in [5.41, 5.74) is 2.01. The number of carboxylic acids is 3. The zero-order valence-electron chi connectivity index (χ0n) is 54.6. The Morgan fingerprint density at radius 3 is 1.27 bits per heavy atom. The first-order valence-electron chi connectivity index (χ1n) is 29.9. The Morgan fingerprint density at radius 1 is 0.546 bits per heavy atom. The highest BCUT2D eigenvalue weighted by atomic mass is 35.5. The fourth-order valence-corrected chi connectivity index (χ4v) is 11.8. The van der Waals surface area contributed by atoms with Crippen LogP contribution in [0, 0.1) is 22.7 Å².